The quantitative estimate of drug-likeness (QED) is 0.297. The standard InChI is InChI=1S/C19H16N2O3S2/c1-20-10-9-13(15-5-3-4-6-16(15)20)11-19-21(2)17-12-14(26-24-23-22)7-8-18(17)25-19/h3-12H,1-2H3. The van der Waals surface area contributed by atoms with Crippen molar-refractivity contribution in [1.82, 2.24) is 0 Å². The minimum atomic E-state index is 0.811. The van der Waals surface area contributed by atoms with Gasteiger partial charge in [-0.15, -0.1) is 0 Å². The van der Waals surface area contributed by atoms with E-state index in [1.165, 1.54) is 16.5 Å². The van der Waals surface area contributed by atoms with Crippen LogP contribution in [0.5, 0.6) is 0 Å². The lowest BCUT2D eigenvalue weighted by molar-refractivity contribution is -0.777. The number of pyridine rings is 1. The lowest BCUT2D eigenvalue weighted by Gasteiger charge is -2.14. The molecular weight excluding hydrogens is 368 g/mol. The Morgan fingerprint density at radius 1 is 1.19 bits per heavy atom. The average molecular weight is 384 g/mol. The number of fused-ring (bicyclic) bond motifs is 2. The molecule has 0 saturated heterocycles. The number of hydrogen-bond acceptors (Lipinski definition) is 6. The van der Waals surface area contributed by atoms with Gasteiger partial charge in [0.1, 0.15) is 7.05 Å². The highest BCUT2D eigenvalue weighted by Gasteiger charge is 2.23. The first-order chi connectivity index (χ1) is 12.7. The minimum absolute atomic E-state index is 0.811. The van der Waals surface area contributed by atoms with Crippen LogP contribution in [0.25, 0.3) is 17.0 Å². The summed E-state index contributed by atoms with van der Waals surface area (Å²) in [5.74, 6) is 0. The van der Waals surface area contributed by atoms with Crippen molar-refractivity contribution in [1.29, 1.82) is 0 Å². The van der Waals surface area contributed by atoms with E-state index in [4.69, 9.17) is 0 Å². The molecule has 26 heavy (non-hydrogen) atoms. The van der Waals surface area contributed by atoms with Crippen molar-refractivity contribution in [2.45, 2.75) is 9.79 Å². The number of rotatable bonds is 4. The fourth-order valence-electron chi connectivity index (χ4n) is 3.02. The van der Waals surface area contributed by atoms with Gasteiger partial charge in [-0.1, -0.05) is 23.9 Å². The van der Waals surface area contributed by atoms with Crippen LogP contribution in [0, 0.1) is 0 Å². The van der Waals surface area contributed by atoms with E-state index in [0.717, 1.165) is 32.6 Å². The molecular formula is C19H16N2O3S2. The molecule has 1 aliphatic heterocycles. The summed E-state index contributed by atoms with van der Waals surface area (Å²) >= 11 is 2.63. The Kier molecular flexibility index (Phi) is 4.88. The van der Waals surface area contributed by atoms with Crippen molar-refractivity contribution < 1.29 is 19.2 Å². The first kappa shape index (κ1) is 17.4. The Bertz CT molecular complexity index is 1010. The zero-order chi connectivity index (χ0) is 18.1. The third-order valence-corrected chi connectivity index (χ3v) is 6.08. The number of thioether (sulfide) groups is 1. The monoisotopic (exact) mass is 384 g/mol. The second-order valence-corrected chi connectivity index (χ2v) is 7.73. The fourth-order valence-corrected chi connectivity index (χ4v) is 4.50. The molecule has 3 aromatic rings. The zero-order valence-electron chi connectivity index (χ0n) is 14.2. The van der Waals surface area contributed by atoms with Crippen LogP contribution in [0.3, 0.4) is 0 Å². The number of anilines is 1. The predicted molar refractivity (Wildman–Crippen MR) is 102 cm³/mol. The maximum absolute atomic E-state index is 10.0. The molecule has 0 atom stereocenters. The summed E-state index contributed by atoms with van der Waals surface area (Å²) in [6.07, 6.45) is 4.29. The van der Waals surface area contributed by atoms with Gasteiger partial charge in [0.25, 0.3) is 0 Å². The number of para-hydroxylation sites is 1. The summed E-state index contributed by atoms with van der Waals surface area (Å²) in [4.78, 5) is 4.12. The van der Waals surface area contributed by atoms with Gasteiger partial charge in [-0.05, 0) is 35.9 Å². The van der Waals surface area contributed by atoms with Gasteiger partial charge in [-0.25, -0.2) is 4.57 Å². The first-order valence-electron chi connectivity index (χ1n) is 7.95. The number of benzene rings is 2. The Morgan fingerprint density at radius 3 is 2.88 bits per heavy atom. The van der Waals surface area contributed by atoms with Crippen molar-refractivity contribution >= 4 is 46.5 Å². The number of hydrogen-bond donors (Lipinski definition) is 0. The molecule has 0 radical (unpaired) electrons. The van der Waals surface area contributed by atoms with Crippen LogP contribution in [0.4, 0.5) is 5.69 Å². The number of nitrogens with zero attached hydrogens (tertiary/aromatic N) is 2. The molecule has 0 spiro atoms. The highest BCUT2D eigenvalue weighted by Crippen LogP contribution is 2.47. The second-order valence-electron chi connectivity index (χ2n) is 5.89. The largest absolute Gasteiger partial charge is 0.691 e. The van der Waals surface area contributed by atoms with Crippen molar-refractivity contribution in [3.63, 3.8) is 0 Å². The fraction of sp³-hybridized carbons (Fsp3) is 0.105. The van der Waals surface area contributed by atoms with Crippen LogP contribution in [0.2, 0.25) is 0 Å². The molecule has 5 nitrogen and oxygen atoms in total. The predicted octanol–water partition coefficient (Wildman–Crippen LogP) is 3.44. The van der Waals surface area contributed by atoms with Gasteiger partial charge in [0, 0.05) is 29.0 Å². The molecule has 0 unspecified atom stereocenters. The van der Waals surface area contributed by atoms with Gasteiger partial charge < -0.3 is 10.2 Å². The van der Waals surface area contributed by atoms with Gasteiger partial charge in [-0.2, -0.15) is 4.33 Å². The summed E-state index contributed by atoms with van der Waals surface area (Å²) in [7, 11) is 4.09. The van der Waals surface area contributed by atoms with Crippen molar-refractivity contribution in [2.75, 3.05) is 11.9 Å². The van der Waals surface area contributed by atoms with Crippen LogP contribution in [0.15, 0.2) is 69.5 Å². The summed E-state index contributed by atoms with van der Waals surface area (Å²) in [5.41, 5.74) is 3.45. The van der Waals surface area contributed by atoms with Gasteiger partial charge in [0.15, 0.2) is 6.20 Å². The summed E-state index contributed by atoms with van der Waals surface area (Å²) in [6, 6.07) is 16.4. The van der Waals surface area contributed by atoms with E-state index in [9.17, 15) is 5.26 Å². The SMILES string of the molecule is CN1C(=Cc2cc[n+](C)c3ccccc23)Sc2ccc(SOO[O-])cc21. The van der Waals surface area contributed by atoms with Crippen LogP contribution >= 0.6 is 23.8 Å². The van der Waals surface area contributed by atoms with E-state index in [2.05, 4.69) is 68.5 Å². The smallest absolute Gasteiger partial charge is 0.212 e. The molecule has 132 valence electrons. The molecule has 0 N–H and O–H groups in total. The highest BCUT2D eigenvalue weighted by atomic mass is 32.2. The first-order valence-corrected chi connectivity index (χ1v) is 9.51. The maximum Gasteiger partial charge on any atom is 0.212 e. The number of aromatic nitrogens is 1. The van der Waals surface area contributed by atoms with Crippen LogP contribution < -0.4 is 14.7 Å². The Labute approximate surface area is 159 Å². The molecule has 2 heterocycles. The third kappa shape index (κ3) is 3.20. The zero-order valence-corrected chi connectivity index (χ0v) is 15.8. The van der Waals surface area contributed by atoms with Crippen LogP contribution in [-0.2, 0) is 16.4 Å². The third-order valence-electron chi connectivity index (χ3n) is 4.35. The Hall–Kier alpha value is -2.03. The molecule has 0 saturated carbocycles. The van der Waals surface area contributed by atoms with E-state index >= 15 is 0 Å². The normalized spacial score (nSPS) is 15.0. The molecule has 1 aromatic heterocycles. The van der Waals surface area contributed by atoms with Gasteiger partial charge in [-0.3, -0.25) is 5.04 Å². The molecule has 0 aliphatic carbocycles. The molecule has 4 rings (SSSR count). The molecule has 0 bridgehead atoms. The van der Waals surface area contributed by atoms with E-state index in [-0.39, 0.29) is 0 Å². The minimum Gasteiger partial charge on any atom is -0.691 e. The Balaban J connectivity index is 1.70. The summed E-state index contributed by atoms with van der Waals surface area (Å²) in [5, 5.41) is 15.8. The van der Waals surface area contributed by atoms with Crippen molar-refractivity contribution in [3.8, 4) is 0 Å². The number of aryl methyl sites for hydroxylation is 1. The lowest BCUT2D eigenvalue weighted by atomic mass is 10.1. The summed E-state index contributed by atoms with van der Waals surface area (Å²) in [6.45, 7) is 0. The van der Waals surface area contributed by atoms with Crippen LogP contribution in [0.1, 0.15) is 5.56 Å². The molecule has 7 heteroatoms. The molecule has 0 fully saturated rings. The van der Waals surface area contributed by atoms with Gasteiger partial charge in [0.2, 0.25) is 5.52 Å². The average Bonchev–Trinajstić information content (AvgIpc) is 2.98. The molecule has 2 aromatic carbocycles. The van der Waals surface area contributed by atoms with Gasteiger partial charge >= 0.3 is 0 Å². The summed E-state index contributed by atoms with van der Waals surface area (Å²) < 4.78 is 6.54. The van der Waals surface area contributed by atoms with Gasteiger partial charge in [0.05, 0.1) is 28.1 Å². The van der Waals surface area contributed by atoms with E-state index in [1.807, 2.05) is 25.2 Å². The lowest BCUT2D eigenvalue weighted by Crippen LogP contribution is -2.28. The highest BCUT2D eigenvalue weighted by molar-refractivity contribution is 8.04. The molecule has 0 amide bonds. The van der Waals surface area contributed by atoms with Crippen molar-refractivity contribution in [3.05, 3.63) is 65.3 Å². The maximum atomic E-state index is 10.0. The van der Waals surface area contributed by atoms with E-state index < -0.39 is 0 Å². The molecule has 1 aliphatic rings. The second kappa shape index (κ2) is 7.30. The van der Waals surface area contributed by atoms with Crippen molar-refractivity contribution in [2.24, 2.45) is 7.05 Å². The Morgan fingerprint density at radius 2 is 2.04 bits per heavy atom. The van der Waals surface area contributed by atoms with E-state index in [0.29, 0.717) is 0 Å². The topological polar surface area (TPSA) is 48.6 Å². The van der Waals surface area contributed by atoms with Crippen LogP contribution in [-0.4, -0.2) is 7.05 Å². The van der Waals surface area contributed by atoms with E-state index in [1.54, 1.807) is 11.8 Å².